The predicted octanol–water partition coefficient (Wildman–Crippen LogP) is 3.38. The van der Waals surface area contributed by atoms with E-state index in [1.165, 1.54) is 0 Å². The van der Waals surface area contributed by atoms with Crippen molar-refractivity contribution in [3.63, 3.8) is 0 Å². The van der Waals surface area contributed by atoms with E-state index in [4.69, 9.17) is 18.9 Å². The maximum Gasteiger partial charge on any atom is 0.172 e. The number of nitrogens with one attached hydrogen (secondary N) is 1. The fourth-order valence-electron chi connectivity index (χ4n) is 2.92. The largest absolute Gasteiger partial charge is 0.493 e. The van der Waals surface area contributed by atoms with Gasteiger partial charge in [0.1, 0.15) is 5.82 Å². The van der Waals surface area contributed by atoms with E-state index in [-0.39, 0.29) is 6.29 Å². The van der Waals surface area contributed by atoms with Crippen LogP contribution < -0.4 is 9.47 Å². The van der Waals surface area contributed by atoms with Gasteiger partial charge < -0.3 is 23.9 Å². The molecule has 1 aliphatic rings. The zero-order valence-corrected chi connectivity index (χ0v) is 14.0. The molecular formula is C19H20N2O4. The Bertz CT molecular complexity index is 823. The maximum atomic E-state index is 6.03. The zero-order chi connectivity index (χ0) is 17.1. The lowest BCUT2D eigenvalue weighted by atomic mass is 10.1. The Morgan fingerprint density at radius 3 is 2.76 bits per heavy atom. The average Bonchev–Trinajstić information content (AvgIpc) is 3.31. The van der Waals surface area contributed by atoms with Crippen molar-refractivity contribution in [3.8, 4) is 22.9 Å². The van der Waals surface area contributed by atoms with Crippen LogP contribution in [0, 0.1) is 0 Å². The first-order chi connectivity index (χ1) is 12.3. The number of methoxy groups -OCH3 is 1. The van der Waals surface area contributed by atoms with Crippen molar-refractivity contribution < 1.29 is 18.9 Å². The summed E-state index contributed by atoms with van der Waals surface area (Å²) >= 11 is 0. The third-order valence-corrected chi connectivity index (χ3v) is 4.13. The number of benzene rings is 2. The Labute approximate surface area is 145 Å². The molecule has 0 spiro atoms. The highest BCUT2D eigenvalue weighted by atomic mass is 16.7. The minimum Gasteiger partial charge on any atom is -0.493 e. The number of fused-ring (bicyclic) bond motifs is 1. The van der Waals surface area contributed by atoms with Crippen molar-refractivity contribution in [2.45, 2.75) is 12.7 Å². The SMILES string of the molecule is COc1cccc(-c2nc3ccccc3[nH]2)c1OCCC1OCCO1. The molecule has 1 fully saturated rings. The summed E-state index contributed by atoms with van der Waals surface area (Å²) in [4.78, 5) is 8.00. The van der Waals surface area contributed by atoms with Crippen LogP contribution in [0.4, 0.5) is 0 Å². The highest BCUT2D eigenvalue weighted by Gasteiger charge is 2.19. The number of H-pyrrole nitrogens is 1. The van der Waals surface area contributed by atoms with Gasteiger partial charge in [-0.05, 0) is 24.3 Å². The van der Waals surface area contributed by atoms with Crippen molar-refractivity contribution in [3.05, 3.63) is 42.5 Å². The minimum absolute atomic E-state index is 0.190. The highest BCUT2D eigenvalue weighted by molar-refractivity contribution is 5.81. The van der Waals surface area contributed by atoms with Gasteiger partial charge in [-0.25, -0.2) is 4.98 Å². The van der Waals surface area contributed by atoms with E-state index in [1.807, 2.05) is 42.5 Å². The molecule has 0 aliphatic carbocycles. The Kier molecular flexibility index (Phi) is 4.54. The Balaban J connectivity index is 1.62. The standard InChI is InChI=1S/C19H20N2O4/c1-22-16-8-4-5-13(18(16)25-10-9-17-23-11-12-24-17)19-20-14-6-2-3-7-15(14)21-19/h2-8,17H,9-12H2,1H3,(H,20,21). The molecule has 0 radical (unpaired) electrons. The van der Waals surface area contributed by atoms with E-state index in [0.29, 0.717) is 37.7 Å². The Morgan fingerprint density at radius 2 is 1.96 bits per heavy atom. The maximum absolute atomic E-state index is 6.03. The van der Waals surface area contributed by atoms with Gasteiger partial charge in [0.2, 0.25) is 0 Å². The quantitative estimate of drug-likeness (QED) is 0.745. The van der Waals surface area contributed by atoms with Crippen LogP contribution in [0.25, 0.3) is 22.4 Å². The van der Waals surface area contributed by atoms with Crippen LogP contribution >= 0.6 is 0 Å². The molecule has 130 valence electrons. The Morgan fingerprint density at radius 1 is 1.12 bits per heavy atom. The van der Waals surface area contributed by atoms with Gasteiger partial charge in [0.05, 0.1) is 43.5 Å². The first-order valence-corrected chi connectivity index (χ1v) is 8.33. The number of rotatable bonds is 6. The fourth-order valence-corrected chi connectivity index (χ4v) is 2.92. The molecule has 1 aliphatic heterocycles. The lowest BCUT2D eigenvalue weighted by Crippen LogP contribution is -2.13. The molecule has 2 heterocycles. The molecule has 4 rings (SSSR count). The number of aromatic nitrogens is 2. The van der Waals surface area contributed by atoms with Crippen LogP contribution in [0.3, 0.4) is 0 Å². The predicted molar refractivity (Wildman–Crippen MR) is 93.9 cm³/mol. The summed E-state index contributed by atoms with van der Waals surface area (Å²) in [5.74, 6) is 2.09. The molecule has 0 saturated carbocycles. The van der Waals surface area contributed by atoms with Crippen molar-refractivity contribution in [2.75, 3.05) is 26.9 Å². The first kappa shape index (κ1) is 15.9. The van der Waals surface area contributed by atoms with Crippen LogP contribution in [0.5, 0.6) is 11.5 Å². The van der Waals surface area contributed by atoms with Crippen molar-refractivity contribution in [2.24, 2.45) is 0 Å². The summed E-state index contributed by atoms with van der Waals surface area (Å²) in [7, 11) is 1.63. The normalized spacial score (nSPS) is 14.9. The van der Waals surface area contributed by atoms with E-state index >= 15 is 0 Å². The number of hydrogen-bond acceptors (Lipinski definition) is 5. The summed E-state index contributed by atoms with van der Waals surface area (Å²) in [6.07, 6.45) is 0.474. The van der Waals surface area contributed by atoms with Crippen LogP contribution in [0.1, 0.15) is 6.42 Å². The molecule has 0 atom stereocenters. The number of nitrogens with zero attached hydrogens (tertiary/aromatic N) is 1. The second-order valence-corrected chi connectivity index (χ2v) is 5.75. The number of para-hydroxylation sites is 3. The number of hydrogen-bond donors (Lipinski definition) is 1. The molecule has 0 unspecified atom stereocenters. The van der Waals surface area contributed by atoms with Gasteiger partial charge in [-0.2, -0.15) is 0 Å². The average molecular weight is 340 g/mol. The molecule has 2 aromatic carbocycles. The molecule has 0 amide bonds. The van der Waals surface area contributed by atoms with Crippen LogP contribution in [0.15, 0.2) is 42.5 Å². The van der Waals surface area contributed by atoms with E-state index in [1.54, 1.807) is 7.11 Å². The molecule has 6 nitrogen and oxygen atoms in total. The third kappa shape index (κ3) is 3.31. The van der Waals surface area contributed by atoms with Gasteiger partial charge in [-0.1, -0.05) is 18.2 Å². The fraction of sp³-hybridized carbons (Fsp3) is 0.316. The van der Waals surface area contributed by atoms with E-state index in [9.17, 15) is 0 Å². The molecule has 1 N–H and O–H groups in total. The minimum atomic E-state index is -0.190. The summed E-state index contributed by atoms with van der Waals surface area (Å²) in [5, 5.41) is 0. The molecule has 0 bridgehead atoms. The molecule has 1 saturated heterocycles. The monoisotopic (exact) mass is 340 g/mol. The van der Waals surface area contributed by atoms with Crippen molar-refractivity contribution in [1.82, 2.24) is 9.97 Å². The number of imidazole rings is 1. The van der Waals surface area contributed by atoms with Crippen molar-refractivity contribution >= 4 is 11.0 Å². The molecule has 25 heavy (non-hydrogen) atoms. The molecule has 6 heteroatoms. The lowest BCUT2D eigenvalue weighted by Gasteiger charge is -2.15. The molecular weight excluding hydrogens is 320 g/mol. The second-order valence-electron chi connectivity index (χ2n) is 5.75. The van der Waals surface area contributed by atoms with E-state index < -0.39 is 0 Å². The lowest BCUT2D eigenvalue weighted by molar-refractivity contribution is -0.0532. The van der Waals surface area contributed by atoms with Gasteiger partial charge >= 0.3 is 0 Å². The molecule has 3 aromatic rings. The third-order valence-electron chi connectivity index (χ3n) is 4.13. The van der Waals surface area contributed by atoms with Crippen LogP contribution in [-0.2, 0) is 9.47 Å². The van der Waals surface area contributed by atoms with Crippen LogP contribution in [0.2, 0.25) is 0 Å². The van der Waals surface area contributed by atoms with Gasteiger partial charge in [-0.3, -0.25) is 0 Å². The van der Waals surface area contributed by atoms with Crippen LogP contribution in [-0.4, -0.2) is 43.2 Å². The highest BCUT2D eigenvalue weighted by Crippen LogP contribution is 2.37. The van der Waals surface area contributed by atoms with Gasteiger partial charge in [0, 0.05) is 6.42 Å². The summed E-state index contributed by atoms with van der Waals surface area (Å²) < 4.78 is 22.4. The molecule has 1 aromatic heterocycles. The van der Waals surface area contributed by atoms with Crippen molar-refractivity contribution in [1.29, 1.82) is 0 Å². The summed E-state index contributed by atoms with van der Waals surface area (Å²) in [5.41, 5.74) is 2.77. The zero-order valence-electron chi connectivity index (χ0n) is 14.0. The second kappa shape index (κ2) is 7.13. The topological polar surface area (TPSA) is 65.6 Å². The van der Waals surface area contributed by atoms with E-state index in [0.717, 1.165) is 22.4 Å². The van der Waals surface area contributed by atoms with E-state index in [2.05, 4.69) is 9.97 Å². The van der Waals surface area contributed by atoms with Gasteiger partial charge in [0.25, 0.3) is 0 Å². The first-order valence-electron chi connectivity index (χ1n) is 8.33. The summed E-state index contributed by atoms with van der Waals surface area (Å²) in [6.45, 7) is 1.76. The number of aromatic amines is 1. The van der Waals surface area contributed by atoms with Gasteiger partial charge in [0.15, 0.2) is 17.8 Å². The Hall–Kier alpha value is -2.57. The number of ether oxygens (including phenoxy) is 4. The summed E-state index contributed by atoms with van der Waals surface area (Å²) in [6, 6.07) is 13.7. The smallest absolute Gasteiger partial charge is 0.172 e. The van der Waals surface area contributed by atoms with Gasteiger partial charge in [-0.15, -0.1) is 0 Å².